The van der Waals surface area contributed by atoms with Crippen LogP contribution in [0.3, 0.4) is 0 Å². The third-order valence-corrected chi connectivity index (χ3v) is 10.1. The second kappa shape index (κ2) is 15.1. The van der Waals surface area contributed by atoms with Crippen molar-refractivity contribution in [3.8, 4) is 16.9 Å². The number of alkyl halides is 2. The highest BCUT2D eigenvalue weighted by atomic mass is 19.3. The van der Waals surface area contributed by atoms with Crippen molar-refractivity contribution in [2.45, 2.75) is 115 Å². The van der Waals surface area contributed by atoms with Crippen LogP contribution < -0.4 is 4.74 Å². The molecule has 2 aliphatic rings. The van der Waals surface area contributed by atoms with Crippen molar-refractivity contribution >= 4 is 0 Å². The maximum atomic E-state index is 15.3. The number of rotatable bonds is 12. The Kier molecular flexibility index (Phi) is 11.2. The highest BCUT2D eigenvalue weighted by Crippen LogP contribution is 2.44. The SMILES string of the molecule is CCCCCCCC1CCC(c2ccc(-c3ccc(C4CCC(C(F)(F)Oc5cc(F)c(F)c(F)c5)CC4)c(F)c3)cc2)CC1. The van der Waals surface area contributed by atoms with Gasteiger partial charge in [0.1, 0.15) is 11.6 Å². The summed E-state index contributed by atoms with van der Waals surface area (Å²) < 4.78 is 89.7. The second-order valence-electron chi connectivity index (χ2n) is 13.2. The first-order chi connectivity index (χ1) is 21.6. The third kappa shape index (κ3) is 8.45. The van der Waals surface area contributed by atoms with Crippen molar-refractivity contribution in [1.29, 1.82) is 0 Å². The number of unbranched alkanes of at least 4 members (excludes halogenated alkanes) is 4. The molecule has 0 aromatic heterocycles. The molecule has 1 nitrogen and oxygen atoms in total. The summed E-state index contributed by atoms with van der Waals surface area (Å²) in [4.78, 5) is 0. The fourth-order valence-electron chi connectivity index (χ4n) is 7.38. The molecule has 0 aliphatic heterocycles. The van der Waals surface area contributed by atoms with E-state index in [1.54, 1.807) is 6.07 Å². The lowest BCUT2D eigenvalue weighted by atomic mass is 9.76. The molecular weight excluding hydrogens is 586 g/mol. The monoisotopic (exact) mass is 630 g/mol. The third-order valence-electron chi connectivity index (χ3n) is 10.1. The van der Waals surface area contributed by atoms with Crippen molar-refractivity contribution in [3.63, 3.8) is 0 Å². The maximum Gasteiger partial charge on any atom is 0.400 e. The summed E-state index contributed by atoms with van der Waals surface area (Å²) in [6.07, 6.45) is 10.2. The summed E-state index contributed by atoms with van der Waals surface area (Å²) in [5.41, 5.74) is 3.58. The van der Waals surface area contributed by atoms with Crippen molar-refractivity contribution in [1.82, 2.24) is 0 Å². The summed E-state index contributed by atoms with van der Waals surface area (Å²) in [5, 5.41) is 0. The van der Waals surface area contributed by atoms with Gasteiger partial charge in [0, 0.05) is 12.1 Å². The molecule has 0 atom stereocenters. The Bertz CT molecular complexity index is 1360. The van der Waals surface area contributed by atoms with Crippen LogP contribution >= 0.6 is 0 Å². The molecule has 0 saturated heterocycles. The molecule has 3 aromatic rings. The van der Waals surface area contributed by atoms with E-state index >= 15 is 4.39 Å². The minimum absolute atomic E-state index is 0.0490. The summed E-state index contributed by atoms with van der Waals surface area (Å²) in [6, 6.07) is 14.5. The molecular formula is C38H44F6O. The maximum absolute atomic E-state index is 15.3. The van der Waals surface area contributed by atoms with Gasteiger partial charge in [0.2, 0.25) is 0 Å². The van der Waals surface area contributed by atoms with E-state index in [0.717, 1.165) is 17.0 Å². The molecule has 0 spiro atoms. The Labute approximate surface area is 263 Å². The first-order valence-electron chi connectivity index (χ1n) is 16.8. The average molecular weight is 631 g/mol. The van der Waals surface area contributed by atoms with Crippen LogP contribution in [-0.2, 0) is 0 Å². The summed E-state index contributed by atoms with van der Waals surface area (Å²) >= 11 is 0. The van der Waals surface area contributed by atoms with Gasteiger partial charge in [0.15, 0.2) is 17.5 Å². The Morgan fingerprint density at radius 2 is 1.24 bits per heavy atom. The van der Waals surface area contributed by atoms with Crippen molar-refractivity contribution < 1.29 is 31.1 Å². The predicted octanol–water partition coefficient (Wildman–Crippen LogP) is 12.5. The quantitative estimate of drug-likeness (QED) is 0.110. The molecule has 0 N–H and O–H groups in total. The minimum Gasteiger partial charge on any atom is -0.432 e. The Hall–Kier alpha value is -2.96. The number of ether oxygens (including phenoxy) is 1. The highest BCUT2D eigenvalue weighted by molar-refractivity contribution is 5.64. The van der Waals surface area contributed by atoms with Crippen LogP contribution in [0.25, 0.3) is 11.1 Å². The normalized spacial score (nSPS) is 22.4. The zero-order valence-corrected chi connectivity index (χ0v) is 26.1. The van der Waals surface area contributed by atoms with E-state index in [1.165, 1.54) is 75.8 Å². The van der Waals surface area contributed by atoms with Crippen molar-refractivity contribution in [2.75, 3.05) is 0 Å². The van der Waals surface area contributed by atoms with E-state index in [2.05, 4.69) is 35.9 Å². The van der Waals surface area contributed by atoms with Crippen LogP contribution in [0, 0.1) is 35.1 Å². The molecule has 244 valence electrons. The molecule has 2 aliphatic carbocycles. The van der Waals surface area contributed by atoms with Crippen LogP contribution in [0.1, 0.15) is 120 Å². The van der Waals surface area contributed by atoms with Gasteiger partial charge in [0.05, 0.1) is 5.92 Å². The lowest BCUT2D eigenvalue weighted by Crippen LogP contribution is -2.37. The van der Waals surface area contributed by atoms with Gasteiger partial charge < -0.3 is 4.74 Å². The molecule has 0 heterocycles. The van der Waals surface area contributed by atoms with Gasteiger partial charge in [-0.25, -0.2) is 17.6 Å². The van der Waals surface area contributed by atoms with E-state index in [-0.39, 0.29) is 24.6 Å². The van der Waals surface area contributed by atoms with E-state index in [9.17, 15) is 22.0 Å². The second-order valence-corrected chi connectivity index (χ2v) is 13.2. The molecule has 45 heavy (non-hydrogen) atoms. The van der Waals surface area contributed by atoms with Gasteiger partial charge in [-0.2, -0.15) is 8.78 Å². The molecule has 0 amide bonds. The van der Waals surface area contributed by atoms with E-state index in [0.29, 0.717) is 36.5 Å². The molecule has 2 saturated carbocycles. The predicted molar refractivity (Wildman–Crippen MR) is 167 cm³/mol. The van der Waals surface area contributed by atoms with Crippen LogP contribution in [0.5, 0.6) is 5.75 Å². The van der Waals surface area contributed by atoms with Gasteiger partial charge in [-0.3, -0.25) is 0 Å². The topological polar surface area (TPSA) is 9.23 Å². The zero-order valence-electron chi connectivity index (χ0n) is 26.1. The zero-order chi connectivity index (χ0) is 32.0. The smallest absolute Gasteiger partial charge is 0.400 e. The lowest BCUT2D eigenvalue weighted by Gasteiger charge is -2.33. The van der Waals surface area contributed by atoms with Crippen LogP contribution in [0.2, 0.25) is 0 Å². The molecule has 3 aromatic carbocycles. The van der Waals surface area contributed by atoms with Gasteiger partial charge >= 0.3 is 6.11 Å². The number of halogens is 6. The Morgan fingerprint density at radius 1 is 0.644 bits per heavy atom. The standard InChI is InChI=1S/C38H44F6O/c1-2-3-4-5-6-7-25-8-10-26(11-9-25)27-12-14-28(15-13-27)30-18-21-33(34(39)22-30)29-16-19-31(20-17-29)38(43,44)45-32-23-35(40)37(42)36(41)24-32/h12-15,18,21-26,29,31H,2-11,16-17,19-20H2,1H3. The lowest BCUT2D eigenvalue weighted by molar-refractivity contribution is -0.222. The average Bonchev–Trinajstić information content (AvgIpc) is 3.04. The Morgan fingerprint density at radius 3 is 1.87 bits per heavy atom. The first kappa shape index (κ1) is 33.4. The minimum atomic E-state index is -3.70. The van der Waals surface area contributed by atoms with E-state index in [4.69, 9.17) is 0 Å². The van der Waals surface area contributed by atoms with Crippen LogP contribution in [0.15, 0.2) is 54.6 Å². The largest absolute Gasteiger partial charge is 0.432 e. The van der Waals surface area contributed by atoms with Gasteiger partial charge in [-0.05, 0) is 97.4 Å². The van der Waals surface area contributed by atoms with E-state index < -0.39 is 35.2 Å². The number of hydrogen-bond donors (Lipinski definition) is 0. The molecule has 2 fully saturated rings. The Balaban J connectivity index is 1.12. The van der Waals surface area contributed by atoms with Crippen molar-refractivity contribution in [3.05, 3.63) is 89.0 Å². The fraction of sp³-hybridized carbons (Fsp3) is 0.526. The molecule has 0 bridgehead atoms. The summed E-state index contributed by atoms with van der Waals surface area (Å²) in [6.45, 7) is 2.25. The number of benzene rings is 3. The van der Waals surface area contributed by atoms with Gasteiger partial charge in [0.25, 0.3) is 0 Å². The molecule has 0 unspecified atom stereocenters. The van der Waals surface area contributed by atoms with Gasteiger partial charge in [-0.15, -0.1) is 0 Å². The summed E-state index contributed by atoms with van der Waals surface area (Å²) in [5.74, 6) is -6.05. The molecule has 7 heteroatoms. The van der Waals surface area contributed by atoms with Gasteiger partial charge in [-0.1, -0.05) is 81.8 Å². The highest BCUT2D eigenvalue weighted by Gasteiger charge is 2.44. The fourth-order valence-corrected chi connectivity index (χ4v) is 7.38. The first-order valence-corrected chi connectivity index (χ1v) is 16.8. The molecule has 0 radical (unpaired) electrons. The summed E-state index contributed by atoms with van der Waals surface area (Å²) in [7, 11) is 0. The van der Waals surface area contributed by atoms with Crippen LogP contribution in [-0.4, -0.2) is 6.11 Å². The molecule has 5 rings (SSSR count). The van der Waals surface area contributed by atoms with Crippen LogP contribution in [0.4, 0.5) is 26.3 Å². The van der Waals surface area contributed by atoms with Crippen molar-refractivity contribution in [2.24, 2.45) is 11.8 Å². The number of hydrogen-bond acceptors (Lipinski definition) is 1. The van der Waals surface area contributed by atoms with E-state index in [1.807, 2.05) is 6.07 Å².